The van der Waals surface area contributed by atoms with Crippen LogP contribution >= 0.6 is 22.5 Å². The molecule has 0 spiro atoms. The van der Waals surface area contributed by atoms with Gasteiger partial charge in [-0.15, -0.1) is 0 Å². The van der Waals surface area contributed by atoms with Gasteiger partial charge >= 0.3 is 0 Å². The molecule has 0 rings (SSSR count). The van der Waals surface area contributed by atoms with Crippen LogP contribution in [-0.4, -0.2) is 5.75 Å². The Balaban J connectivity index is 1.97. The van der Waals surface area contributed by atoms with Crippen LogP contribution in [0.5, 0.6) is 0 Å². The maximum atomic E-state index is 4.41. The highest BCUT2D eigenvalue weighted by molar-refractivity contribution is 8.68. The summed E-state index contributed by atoms with van der Waals surface area (Å²) in [6.45, 7) is 3.46. The van der Waals surface area contributed by atoms with Gasteiger partial charge in [0.05, 0.1) is 0 Å². The van der Waals surface area contributed by atoms with E-state index in [2.05, 4.69) is 18.6 Å². The lowest BCUT2D eigenvalue weighted by Crippen LogP contribution is -1.46. The molecule has 0 heterocycles. The van der Waals surface area contributed by atoms with Crippen LogP contribution in [0.15, 0.2) is 0 Å². The Morgan fingerprint density at radius 1 is 2.00 bits per heavy atom. The maximum Gasteiger partial charge on any atom is 0.00457 e. The number of rotatable bonds is 1. The standard InChI is InChI=1S/C2H4S2/c1-2-4-3/h1-2H2. The van der Waals surface area contributed by atoms with Crippen molar-refractivity contribution in [2.75, 3.05) is 5.75 Å². The van der Waals surface area contributed by atoms with Gasteiger partial charge in [-0.25, -0.2) is 0 Å². The first-order valence-electron chi connectivity index (χ1n) is 0.955. The van der Waals surface area contributed by atoms with Crippen molar-refractivity contribution < 1.29 is 0 Å². The smallest absolute Gasteiger partial charge is 0.00457 e. The molecule has 2 heteroatoms. The first-order chi connectivity index (χ1) is 1.91. The van der Waals surface area contributed by atoms with Crippen molar-refractivity contribution in [1.82, 2.24) is 0 Å². The van der Waals surface area contributed by atoms with Crippen LogP contribution < -0.4 is 0 Å². The highest BCUT2D eigenvalue weighted by Crippen LogP contribution is 1.99. The molecule has 0 aliphatic rings. The zero-order valence-electron chi connectivity index (χ0n) is 2.23. The van der Waals surface area contributed by atoms with Crippen LogP contribution in [0.2, 0.25) is 0 Å². The van der Waals surface area contributed by atoms with Gasteiger partial charge in [0.25, 0.3) is 0 Å². The molecule has 24 valence electrons. The lowest BCUT2D eigenvalue weighted by Gasteiger charge is -1.65. The van der Waals surface area contributed by atoms with Crippen molar-refractivity contribution in [3.8, 4) is 0 Å². The minimum absolute atomic E-state index is 0.801. The molecule has 0 bridgehead atoms. The van der Waals surface area contributed by atoms with Crippen molar-refractivity contribution in [1.29, 1.82) is 0 Å². The molecule has 0 aliphatic carbocycles. The van der Waals surface area contributed by atoms with Crippen molar-refractivity contribution >= 4 is 22.5 Å². The molecule has 0 amide bonds. The Morgan fingerprint density at radius 2 is 2.25 bits per heavy atom. The van der Waals surface area contributed by atoms with E-state index in [0.29, 0.717) is 0 Å². The van der Waals surface area contributed by atoms with Crippen molar-refractivity contribution in [3.63, 3.8) is 0 Å². The van der Waals surface area contributed by atoms with Gasteiger partial charge in [0, 0.05) is 5.75 Å². The zero-order chi connectivity index (χ0) is 3.41. The van der Waals surface area contributed by atoms with Gasteiger partial charge in [-0.1, -0.05) is 10.8 Å². The SMILES string of the molecule is [CH2]CS[S]. The second-order valence-corrected chi connectivity index (χ2v) is 1.67. The molecule has 0 aromatic heterocycles. The van der Waals surface area contributed by atoms with Gasteiger partial charge < -0.3 is 0 Å². The third kappa shape index (κ3) is 2.70. The first-order valence-corrected chi connectivity index (χ1v) is 2.87. The molecule has 0 unspecified atom stereocenters. The second kappa shape index (κ2) is 3.70. The molecule has 0 saturated heterocycles. The van der Waals surface area contributed by atoms with Crippen LogP contribution in [-0.2, 0) is 0 Å². The summed E-state index contributed by atoms with van der Waals surface area (Å²) in [4.78, 5) is 0. The Labute approximate surface area is 35.8 Å². The largest absolute Gasteiger partial charge is 0.0817 e. The molecule has 0 saturated carbocycles. The minimum Gasteiger partial charge on any atom is -0.0817 e. The van der Waals surface area contributed by atoms with Crippen LogP contribution in [0.25, 0.3) is 0 Å². The fourth-order valence-electron chi connectivity index (χ4n) is 0. The molecule has 0 nitrogen and oxygen atoms in total. The molecular formula is C2H4S2. The average molecular weight is 92.2 g/mol. The highest BCUT2D eigenvalue weighted by Gasteiger charge is 1.58. The summed E-state index contributed by atoms with van der Waals surface area (Å²) in [6, 6.07) is 0. The topological polar surface area (TPSA) is 0 Å². The molecule has 0 aliphatic heterocycles. The van der Waals surface area contributed by atoms with E-state index < -0.39 is 0 Å². The fraction of sp³-hybridized carbons (Fsp3) is 0.500. The van der Waals surface area contributed by atoms with Gasteiger partial charge in [0.2, 0.25) is 0 Å². The number of hydrogen-bond acceptors (Lipinski definition) is 1. The summed E-state index contributed by atoms with van der Waals surface area (Å²) < 4.78 is 0. The lowest BCUT2D eigenvalue weighted by molar-refractivity contribution is 1.85. The Bertz CT molecular complexity index is 6.00. The van der Waals surface area contributed by atoms with Crippen molar-refractivity contribution in [3.05, 3.63) is 6.92 Å². The predicted octanol–water partition coefficient (Wildman–Crippen LogP) is 1.67. The van der Waals surface area contributed by atoms with Crippen molar-refractivity contribution in [2.24, 2.45) is 0 Å². The predicted molar refractivity (Wildman–Crippen MR) is 25.4 cm³/mol. The molecular weight excluding hydrogens is 88.2 g/mol. The van der Waals surface area contributed by atoms with E-state index in [4.69, 9.17) is 0 Å². The van der Waals surface area contributed by atoms with Gasteiger partial charge in [-0.2, -0.15) is 0 Å². The molecule has 0 aromatic carbocycles. The van der Waals surface area contributed by atoms with Crippen LogP contribution in [0.1, 0.15) is 0 Å². The second-order valence-electron chi connectivity index (χ2n) is 0.322. The van der Waals surface area contributed by atoms with E-state index >= 15 is 0 Å². The molecule has 0 fully saturated rings. The van der Waals surface area contributed by atoms with E-state index in [1.807, 2.05) is 0 Å². The fourth-order valence-corrected chi connectivity index (χ4v) is 0. The summed E-state index contributed by atoms with van der Waals surface area (Å²) in [5, 5.41) is 0. The molecule has 0 atom stereocenters. The monoisotopic (exact) mass is 92.0 g/mol. The number of hydrogen-bond donors (Lipinski definition) is 0. The Morgan fingerprint density at radius 3 is 2.25 bits per heavy atom. The first kappa shape index (κ1) is 4.70. The van der Waals surface area contributed by atoms with E-state index in [9.17, 15) is 0 Å². The summed E-state index contributed by atoms with van der Waals surface area (Å²) >= 11 is 4.41. The van der Waals surface area contributed by atoms with Crippen LogP contribution in [0, 0.1) is 6.92 Å². The molecule has 0 aromatic rings. The van der Waals surface area contributed by atoms with E-state index in [1.54, 1.807) is 0 Å². The third-order valence-corrected chi connectivity index (χ3v) is 0.750. The highest BCUT2D eigenvalue weighted by atomic mass is 33.1. The van der Waals surface area contributed by atoms with Crippen LogP contribution in [0.4, 0.5) is 0 Å². The van der Waals surface area contributed by atoms with Crippen LogP contribution in [0.3, 0.4) is 0 Å². The third-order valence-electron chi connectivity index (χ3n) is 0.0833. The molecule has 2 radical (unpaired) electrons. The summed E-state index contributed by atoms with van der Waals surface area (Å²) in [5.41, 5.74) is 0. The Kier molecular flexibility index (Phi) is 4.35. The van der Waals surface area contributed by atoms with E-state index in [1.165, 1.54) is 10.8 Å². The normalized spacial score (nSPS) is 7.50. The van der Waals surface area contributed by atoms with Crippen molar-refractivity contribution in [2.45, 2.75) is 0 Å². The van der Waals surface area contributed by atoms with Gasteiger partial charge in [0.1, 0.15) is 0 Å². The zero-order valence-corrected chi connectivity index (χ0v) is 3.86. The van der Waals surface area contributed by atoms with Gasteiger partial charge in [0.15, 0.2) is 0 Å². The van der Waals surface area contributed by atoms with Gasteiger partial charge in [-0.3, -0.25) is 0 Å². The average Bonchev–Trinajstić information content (AvgIpc) is 1.37. The summed E-state index contributed by atoms with van der Waals surface area (Å²) in [6.07, 6.45) is 0. The minimum atomic E-state index is 0.801. The summed E-state index contributed by atoms with van der Waals surface area (Å²) in [7, 11) is 1.33. The lowest BCUT2D eigenvalue weighted by atomic mass is 11.0. The van der Waals surface area contributed by atoms with Gasteiger partial charge in [-0.05, 0) is 18.6 Å². The quantitative estimate of drug-likeness (QED) is 0.443. The van der Waals surface area contributed by atoms with E-state index in [-0.39, 0.29) is 0 Å². The molecule has 0 N–H and O–H groups in total. The molecule has 4 heavy (non-hydrogen) atoms. The Hall–Kier alpha value is 0.700. The summed E-state index contributed by atoms with van der Waals surface area (Å²) in [5.74, 6) is 0.801. The maximum absolute atomic E-state index is 4.41. The van der Waals surface area contributed by atoms with E-state index in [0.717, 1.165) is 5.75 Å².